The van der Waals surface area contributed by atoms with E-state index in [0.29, 0.717) is 0 Å². The van der Waals surface area contributed by atoms with Crippen molar-refractivity contribution >= 4 is 13.1 Å². The number of hydrogen-bond acceptors (Lipinski definition) is 2. The normalized spacial score (nSPS) is 11.2. The lowest BCUT2D eigenvalue weighted by atomic mass is 10.3. The number of hydrogen-bond donors (Lipinski definition) is 0. The van der Waals surface area contributed by atoms with Crippen molar-refractivity contribution in [3.63, 3.8) is 0 Å². The van der Waals surface area contributed by atoms with Gasteiger partial charge in [0.1, 0.15) is 6.66 Å². The first kappa shape index (κ1) is 7.36. The van der Waals surface area contributed by atoms with Gasteiger partial charge in [-0.05, 0) is 18.6 Å². The molecular weight excluding hydrogens is 145 g/mol. The van der Waals surface area contributed by atoms with Crippen LogP contribution in [0.4, 0.5) is 0 Å². The van der Waals surface area contributed by atoms with E-state index in [-0.39, 0.29) is 0 Å². The van der Waals surface area contributed by atoms with Gasteiger partial charge in [0.25, 0.3) is 0 Å². The molecule has 1 aromatic rings. The molecule has 1 heterocycles. The van der Waals surface area contributed by atoms with Crippen molar-refractivity contribution in [1.29, 1.82) is 0 Å². The van der Waals surface area contributed by atoms with Gasteiger partial charge in [0.2, 0.25) is 5.30 Å². The number of aromatic nitrogens is 1. The molecule has 0 fully saturated rings. The van der Waals surface area contributed by atoms with Crippen LogP contribution in [0.2, 0.25) is 0 Å². The van der Waals surface area contributed by atoms with E-state index in [1.54, 1.807) is 19.1 Å². The average molecular weight is 154 g/mol. The summed E-state index contributed by atoms with van der Waals surface area (Å²) in [5.74, 6) is 0. The number of pyridine rings is 1. The van der Waals surface area contributed by atoms with E-state index < -0.39 is 7.80 Å². The average Bonchev–Trinajstić information content (AvgIpc) is 1.88. The lowest BCUT2D eigenvalue weighted by Crippen LogP contribution is -1.96. The molecule has 0 aliphatic carbocycles. The number of rotatable bonds is 1. The molecule has 0 saturated carbocycles. The molecule has 1 unspecified atom stereocenters. The zero-order chi connectivity index (χ0) is 7.56. The predicted octanol–water partition coefficient (Wildman–Crippen LogP) is 1.47. The van der Waals surface area contributed by atoms with Gasteiger partial charge in [-0.15, -0.1) is 0 Å². The van der Waals surface area contributed by atoms with Gasteiger partial charge in [0.15, 0.2) is 0 Å². The molecule has 2 nitrogen and oxygen atoms in total. The minimum absolute atomic E-state index is 0.829. The van der Waals surface area contributed by atoms with Gasteiger partial charge in [-0.3, -0.25) is 4.98 Å². The van der Waals surface area contributed by atoms with Crippen LogP contribution in [0.1, 0.15) is 5.56 Å². The highest BCUT2D eigenvalue weighted by Crippen LogP contribution is 2.12. The Kier molecular flexibility index (Phi) is 2.13. The lowest BCUT2D eigenvalue weighted by molar-refractivity contribution is 0.596. The summed E-state index contributed by atoms with van der Waals surface area (Å²) in [4.78, 5) is 3.92. The van der Waals surface area contributed by atoms with E-state index in [0.717, 1.165) is 10.9 Å². The van der Waals surface area contributed by atoms with Crippen LogP contribution in [0.25, 0.3) is 0 Å². The topological polar surface area (TPSA) is 30.0 Å². The van der Waals surface area contributed by atoms with Crippen LogP contribution in [0, 0.1) is 6.92 Å². The molecule has 3 heteroatoms. The Hall–Kier alpha value is -0.750. The second-order valence-corrected chi connectivity index (χ2v) is 3.73. The second-order valence-electron chi connectivity index (χ2n) is 2.22. The fourth-order valence-corrected chi connectivity index (χ4v) is 1.33. The van der Waals surface area contributed by atoms with Crippen molar-refractivity contribution < 1.29 is 4.57 Å². The summed E-state index contributed by atoms with van der Waals surface area (Å²) in [5, 5.41) is 0.829. The standard InChI is InChI=1S/C7H9NOP/c1-6-3-7(10(2)9)5-8-4-6/h3-5H,1-2H3/q+1. The fraction of sp³-hybridized carbons (Fsp3) is 0.286. The first-order valence-electron chi connectivity index (χ1n) is 3.02. The van der Waals surface area contributed by atoms with Crippen LogP contribution in [0.3, 0.4) is 0 Å². The molecule has 0 spiro atoms. The van der Waals surface area contributed by atoms with Gasteiger partial charge < -0.3 is 0 Å². The van der Waals surface area contributed by atoms with Gasteiger partial charge >= 0.3 is 7.80 Å². The molecule has 0 N–H and O–H groups in total. The Labute approximate surface area is 61.1 Å². The van der Waals surface area contributed by atoms with Crippen LogP contribution in [0.15, 0.2) is 18.5 Å². The molecule has 0 aromatic carbocycles. The highest BCUT2D eigenvalue weighted by atomic mass is 31.1. The van der Waals surface area contributed by atoms with Crippen LogP contribution >= 0.6 is 7.80 Å². The van der Waals surface area contributed by atoms with Crippen molar-refractivity contribution in [2.24, 2.45) is 0 Å². The zero-order valence-corrected chi connectivity index (χ0v) is 6.93. The quantitative estimate of drug-likeness (QED) is 0.573. The Balaban J connectivity index is 3.07. The summed E-state index contributed by atoms with van der Waals surface area (Å²) >= 11 is 0. The summed E-state index contributed by atoms with van der Waals surface area (Å²) in [5.41, 5.74) is 1.06. The molecule has 10 heavy (non-hydrogen) atoms. The Morgan fingerprint density at radius 1 is 1.50 bits per heavy atom. The molecule has 1 atom stereocenters. The van der Waals surface area contributed by atoms with Crippen LogP contribution < -0.4 is 5.30 Å². The van der Waals surface area contributed by atoms with Gasteiger partial charge in [-0.1, -0.05) is 4.57 Å². The maximum atomic E-state index is 10.9. The minimum Gasteiger partial charge on any atom is -0.260 e. The van der Waals surface area contributed by atoms with Gasteiger partial charge in [0, 0.05) is 6.20 Å². The summed E-state index contributed by atoms with van der Waals surface area (Å²) in [7, 11) is -1.22. The van der Waals surface area contributed by atoms with E-state index in [9.17, 15) is 4.57 Å². The molecule has 0 aliphatic heterocycles. The van der Waals surface area contributed by atoms with Crippen molar-refractivity contribution in [3.8, 4) is 0 Å². The highest BCUT2D eigenvalue weighted by molar-refractivity contribution is 7.52. The van der Waals surface area contributed by atoms with E-state index in [4.69, 9.17) is 0 Å². The smallest absolute Gasteiger partial charge is 0.260 e. The third-order valence-electron chi connectivity index (χ3n) is 1.22. The Morgan fingerprint density at radius 3 is 2.60 bits per heavy atom. The van der Waals surface area contributed by atoms with Gasteiger partial charge in [0.05, 0.1) is 6.20 Å². The first-order valence-corrected chi connectivity index (χ1v) is 4.73. The first-order chi connectivity index (χ1) is 4.70. The lowest BCUT2D eigenvalue weighted by Gasteiger charge is -1.86. The number of nitrogens with zero attached hydrogens (tertiary/aromatic N) is 1. The molecule has 0 bridgehead atoms. The molecule has 0 radical (unpaired) electrons. The monoisotopic (exact) mass is 154 g/mol. The van der Waals surface area contributed by atoms with Gasteiger partial charge in [-0.2, -0.15) is 0 Å². The highest BCUT2D eigenvalue weighted by Gasteiger charge is 2.10. The molecule has 0 amide bonds. The van der Waals surface area contributed by atoms with Crippen molar-refractivity contribution in [2.75, 3.05) is 6.66 Å². The van der Waals surface area contributed by atoms with E-state index in [1.165, 1.54) is 0 Å². The maximum Gasteiger partial charge on any atom is 0.375 e. The number of aryl methyl sites for hydroxylation is 1. The minimum atomic E-state index is -1.22. The van der Waals surface area contributed by atoms with Gasteiger partial charge in [-0.25, -0.2) is 0 Å². The molecule has 0 saturated heterocycles. The predicted molar refractivity (Wildman–Crippen MR) is 42.1 cm³/mol. The van der Waals surface area contributed by atoms with E-state index >= 15 is 0 Å². The second kappa shape index (κ2) is 2.89. The van der Waals surface area contributed by atoms with E-state index in [1.807, 2.05) is 13.0 Å². The fourth-order valence-electron chi connectivity index (χ4n) is 0.711. The largest absolute Gasteiger partial charge is 0.375 e. The molecule has 1 aromatic heterocycles. The third kappa shape index (κ3) is 1.61. The third-order valence-corrected chi connectivity index (χ3v) is 2.20. The zero-order valence-electron chi connectivity index (χ0n) is 6.03. The Bertz CT molecular complexity index is 260. The van der Waals surface area contributed by atoms with Crippen LogP contribution in [0.5, 0.6) is 0 Å². The summed E-state index contributed by atoms with van der Waals surface area (Å²) in [6.07, 6.45) is 3.40. The van der Waals surface area contributed by atoms with Crippen molar-refractivity contribution in [1.82, 2.24) is 4.98 Å². The summed E-state index contributed by atoms with van der Waals surface area (Å²) in [6.45, 7) is 3.63. The molecule has 0 aliphatic rings. The van der Waals surface area contributed by atoms with Crippen LogP contribution in [-0.4, -0.2) is 11.6 Å². The molecule has 1 rings (SSSR count). The summed E-state index contributed by atoms with van der Waals surface area (Å²) in [6, 6.07) is 1.89. The summed E-state index contributed by atoms with van der Waals surface area (Å²) < 4.78 is 10.9. The van der Waals surface area contributed by atoms with Crippen LogP contribution in [-0.2, 0) is 4.57 Å². The molecular formula is C7H9NOP+. The van der Waals surface area contributed by atoms with E-state index in [2.05, 4.69) is 4.98 Å². The maximum absolute atomic E-state index is 10.9. The Morgan fingerprint density at radius 2 is 2.20 bits per heavy atom. The SMILES string of the molecule is Cc1cncc([P+](C)=O)c1. The van der Waals surface area contributed by atoms with Crippen molar-refractivity contribution in [2.45, 2.75) is 6.92 Å². The van der Waals surface area contributed by atoms with Crippen molar-refractivity contribution in [3.05, 3.63) is 24.0 Å². The molecule has 52 valence electrons.